The van der Waals surface area contributed by atoms with Crippen molar-refractivity contribution in [2.75, 3.05) is 19.6 Å². The fourth-order valence-electron chi connectivity index (χ4n) is 2.24. The molecule has 122 valence electrons. The van der Waals surface area contributed by atoms with E-state index in [-0.39, 0.29) is 13.1 Å². The molecule has 0 radical (unpaired) electrons. The van der Waals surface area contributed by atoms with Gasteiger partial charge in [-0.25, -0.2) is 13.6 Å². The fourth-order valence-corrected chi connectivity index (χ4v) is 2.24. The summed E-state index contributed by atoms with van der Waals surface area (Å²) in [6.45, 7) is 6.12. The van der Waals surface area contributed by atoms with Gasteiger partial charge in [-0.15, -0.1) is 0 Å². The average Bonchev–Trinajstić information content (AvgIpc) is 2.24. The van der Waals surface area contributed by atoms with Crippen LogP contribution in [-0.4, -0.2) is 70.7 Å². The summed E-state index contributed by atoms with van der Waals surface area (Å²) < 4.78 is 31.4. The van der Waals surface area contributed by atoms with Gasteiger partial charge in [-0.3, -0.25) is 9.69 Å². The van der Waals surface area contributed by atoms with Gasteiger partial charge < -0.3 is 14.7 Å². The van der Waals surface area contributed by atoms with Crippen LogP contribution in [0.1, 0.15) is 27.7 Å². The average molecular weight is 308 g/mol. The molecule has 1 heterocycles. The SMILES string of the molecule is CC1CN(CC(=O)O)C(C(F)F)CN1C(=O)OC(C)(C)C. The van der Waals surface area contributed by atoms with Crippen molar-refractivity contribution in [3.63, 3.8) is 0 Å². The number of carbonyl (C=O) groups excluding carboxylic acids is 1. The number of carbonyl (C=O) groups is 2. The van der Waals surface area contributed by atoms with Crippen molar-refractivity contribution in [3.8, 4) is 0 Å². The third-order valence-corrected chi connectivity index (χ3v) is 3.14. The lowest BCUT2D eigenvalue weighted by Gasteiger charge is -2.44. The molecule has 2 atom stereocenters. The second-order valence-electron chi connectivity index (χ2n) is 6.21. The number of aliphatic carboxylic acids is 1. The monoisotopic (exact) mass is 308 g/mol. The minimum Gasteiger partial charge on any atom is -0.480 e. The molecule has 0 aromatic heterocycles. The molecule has 0 aromatic carbocycles. The van der Waals surface area contributed by atoms with Gasteiger partial charge in [-0.05, 0) is 27.7 Å². The van der Waals surface area contributed by atoms with E-state index in [0.29, 0.717) is 0 Å². The maximum atomic E-state index is 13.1. The highest BCUT2D eigenvalue weighted by atomic mass is 19.3. The minimum absolute atomic E-state index is 0.0700. The number of nitrogens with zero attached hydrogens (tertiary/aromatic N) is 2. The second-order valence-corrected chi connectivity index (χ2v) is 6.21. The molecule has 0 saturated carbocycles. The van der Waals surface area contributed by atoms with Gasteiger partial charge in [0.2, 0.25) is 0 Å². The lowest BCUT2D eigenvalue weighted by molar-refractivity contribution is -0.141. The molecule has 0 spiro atoms. The van der Waals surface area contributed by atoms with Crippen LogP contribution in [-0.2, 0) is 9.53 Å². The Bertz CT molecular complexity index is 398. The minimum atomic E-state index is -2.73. The predicted molar refractivity (Wildman–Crippen MR) is 71.4 cm³/mol. The summed E-state index contributed by atoms with van der Waals surface area (Å²) in [5.41, 5.74) is -0.713. The Kier molecular flexibility index (Phi) is 5.49. The highest BCUT2D eigenvalue weighted by Gasteiger charge is 2.40. The standard InChI is InChI=1S/C13H22F2N2O4/c1-8-5-16(7-10(18)19)9(11(14)15)6-17(8)12(20)21-13(2,3)4/h8-9,11H,5-7H2,1-4H3,(H,18,19). The van der Waals surface area contributed by atoms with Crippen LogP contribution in [0.15, 0.2) is 0 Å². The summed E-state index contributed by atoms with van der Waals surface area (Å²) in [6.07, 6.45) is -3.39. The first-order valence-corrected chi connectivity index (χ1v) is 6.75. The number of amides is 1. The molecular formula is C13H22F2N2O4. The van der Waals surface area contributed by atoms with Crippen LogP contribution in [0.25, 0.3) is 0 Å². The van der Waals surface area contributed by atoms with Crippen molar-refractivity contribution < 1.29 is 28.2 Å². The first-order chi connectivity index (χ1) is 9.51. The molecule has 6 nitrogen and oxygen atoms in total. The van der Waals surface area contributed by atoms with Crippen LogP contribution in [0, 0.1) is 0 Å². The van der Waals surface area contributed by atoms with E-state index in [2.05, 4.69) is 0 Å². The van der Waals surface area contributed by atoms with E-state index in [1.54, 1.807) is 27.7 Å². The number of carboxylic acid groups (broad SMARTS) is 1. The maximum Gasteiger partial charge on any atom is 0.410 e. The quantitative estimate of drug-likeness (QED) is 0.858. The highest BCUT2D eigenvalue weighted by Crippen LogP contribution is 2.22. The van der Waals surface area contributed by atoms with E-state index >= 15 is 0 Å². The molecule has 8 heteroatoms. The summed E-state index contributed by atoms with van der Waals surface area (Å²) in [7, 11) is 0. The Morgan fingerprint density at radius 1 is 1.33 bits per heavy atom. The van der Waals surface area contributed by atoms with Crippen molar-refractivity contribution in [2.24, 2.45) is 0 Å². The fraction of sp³-hybridized carbons (Fsp3) is 0.846. The van der Waals surface area contributed by atoms with Crippen molar-refractivity contribution in [3.05, 3.63) is 0 Å². The van der Waals surface area contributed by atoms with E-state index in [9.17, 15) is 18.4 Å². The normalized spacial score (nSPS) is 24.2. The van der Waals surface area contributed by atoms with Gasteiger partial charge in [0.25, 0.3) is 6.43 Å². The maximum absolute atomic E-state index is 13.1. The number of rotatable bonds is 3. The third kappa shape index (κ3) is 5.11. The molecular weight excluding hydrogens is 286 g/mol. The summed E-state index contributed by atoms with van der Waals surface area (Å²) in [6, 6.07) is -1.70. The van der Waals surface area contributed by atoms with Crippen LogP contribution < -0.4 is 0 Å². The van der Waals surface area contributed by atoms with Gasteiger partial charge >= 0.3 is 12.1 Å². The Morgan fingerprint density at radius 2 is 1.90 bits per heavy atom. The summed E-state index contributed by atoms with van der Waals surface area (Å²) in [4.78, 5) is 25.2. The van der Waals surface area contributed by atoms with E-state index in [1.165, 1.54) is 9.80 Å². The van der Waals surface area contributed by atoms with E-state index in [1.807, 2.05) is 0 Å². The summed E-state index contributed by atoms with van der Waals surface area (Å²) in [5.74, 6) is -1.17. The molecule has 0 bridgehead atoms. The second kappa shape index (κ2) is 6.55. The molecule has 1 amide bonds. The number of piperazine rings is 1. The lowest BCUT2D eigenvalue weighted by Crippen LogP contribution is -2.62. The first kappa shape index (κ1) is 17.6. The first-order valence-electron chi connectivity index (χ1n) is 6.75. The van der Waals surface area contributed by atoms with Crippen molar-refractivity contribution in [1.29, 1.82) is 0 Å². The van der Waals surface area contributed by atoms with Crippen LogP contribution in [0.4, 0.5) is 13.6 Å². The van der Waals surface area contributed by atoms with Crippen LogP contribution >= 0.6 is 0 Å². The van der Waals surface area contributed by atoms with Crippen LogP contribution in [0.2, 0.25) is 0 Å². The summed E-state index contributed by atoms with van der Waals surface area (Å²) in [5, 5.41) is 8.79. The number of carboxylic acids is 1. The van der Waals surface area contributed by atoms with Gasteiger partial charge in [-0.1, -0.05) is 0 Å². The van der Waals surface area contributed by atoms with Gasteiger partial charge in [0.15, 0.2) is 0 Å². The number of hydrogen-bond acceptors (Lipinski definition) is 4. The van der Waals surface area contributed by atoms with Crippen molar-refractivity contribution in [2.45, 2.75) is 51.8 Å². The largest absolute Gasteiger partial charge is 0.480 e. The topological polar surface area (TPSA) is 70.1 Å². The number of hydrogen-bond donors (Lipinski definition) is 1. The highest BCUT2D eigenvalue weighted by molar-refractivity contribution is 5.70. The molecule has 0 aromatic rings. The molecule has 1 N–H and O–H groups in total. The zero-order valence-electron chi connectivity index (χ0n) is 12.7. The smallest absolute Gasteiger partial charge is 0.410 e. The van der Waals surface area contributed by atoms with Gasteiger partial charge in [0.1, 0.15) is 5.60 Å². The van der Waals surface area contributed by atoms with E-state index in [0.717, 1.165) is 0 Å². The Labute approximate surface area is 122 Å². The molecule has 1 fully saturated rings. The molecule has 1 aliphatic rings. The summed E-state index contributed by atoms with van der Waals surface area (Å²) >= 11 is 0. The number of alkyl halides is 2. The molecule has 1 saturated heterocycles. The van der Waals surface area contributed by atoms with Crippen LogP contribution in [0.5, 0.6) is 0 Å². The molecule has 1 rings (SSSR count). The van der Waals surface area contributed by atoms with Gasteiger partial charge in [0, 0.05) is 19.1 Å². The lowest BCUT2D eigenvalue weighted by atomic mass is 10.1. The predicted octanol–water partition coefficient (Wildman–Crippen LogP) is 1.65. The molecule has 21 heavy (non-hydrogen) atoms. The van der Waals surface area contributed by atoms with Crippen LogP contribution in [0.3, 0.4) is 0 Å². The zero-order valence-corrected chi connectivity index (χ0v) is 12.7. The Morgan fingerprint density at radius 3 is 2.33 bits per heavy atom. The third-order valence-electron chi connectivity index (χ3n) is 3.14. The zero-order chi connectivity index (χ0) is 16.4. The number of halogens is 2. The van der Waals surface area contributed by atoms with E-state index in [4.69, 9.17) is 9.84 Å². The van der Waals surface area contributed by atoms with E-state index < -0.39 is 42.7 Å². The van der Waals surface area contributed by atoms with Crippen molar-refractivity contribution >= 4 is 12.1 Å². The molecule has 0 aliphatic carbocycles. The van der Waals surface area contributed by atoms with Gasteiger partial charge in [-0.2, -0.15) is 0 Å². The molecule has 1 aliphatic heterocycles. The molecule has 2 unspecified atom stereocenters. The Balaban J connectivity index is 2.82. The van der Waals surface area contributed by atoms with Crippen molar-refractivity contribution in [1.82, 2.24) is 9.80 Å². The Hall–Kier alpha value is -1.44. The van der Waals surface area contributed by atoms with Gasteiger partial charge in [0.05, 0.1) is 12.6 Å². The number of ether oxygens (including phenoxy) is 1.